The molecule has 0 bridgehead atoms. The van der Waals surface area contributed by atoms with Crippen LogP contribution in [-0.4, -0.2) is 30.5 Å². The molecule has 0 atom stereocenters. The number of hydrogen-bond donors (Lipinski definition) is 0. The lowest BCUT2D eigenvalue weighted by Crippen LogP contribution is -2.03. The normalized spacial score (nSPS) is 12.0. The van der Waals surface area contributed by atoms with Gasteiger partial charge in [-0.25, -0.2) is 19.9 Å². The zero-order valence-electron chi connectivity index (χ0n) is 34.4. The number of hydrogen-bond acceptors (Lipinski definition) is 5. The monoisotopic (exact) mass is 801 g/mol. The second-order valence-corrected chi connectivity index (χ2v) is 15.5. The fourth-order valence-corrected chi connectivity index (χ4v) is 8.32. The van der Waals surface area contributed by atoms with Gasteiger partial charge in [-0.15, -0.1) is 0 Å². The number of aromatic nitrogens is 5. The van der Waals surface area contributed by atoms with Gasteiger partial charge in [0.05, 0.1) is 22.7 Å². The number of rotatable bonds is 8. The Labute approximate surface area is 358 Å². The summed E-state index contributed by atoms with van der Waals surface area (Å²) in [7, 11) is 0. The molecule has 0 unspecified atom stereocenters. The highest BCUT2D eigenvalue weighted by molar-refractivity contribution is 6.11. The lowest BCUT2D eigenvalue weighted by molar-refractivity contribution is 0.484. The summed E-state index contributed by atoms with van der Waals surface area (Å²) in [6.45, 7) is 6.50. The van der Waals surface area contributed by atoms with E-state index in [1.807, 2.05) is 97.2 Å². The molecule has 1 aliphatic heterocycles. The molecule has 8 nitrogen and oxygen atoms in total. The molecular formula is C54H39N7O+2. The SMILES string of the molecule is Cc1cc([N+]2=C=[N+](c3cccc(Oc4cc5c(cc4-c4nc(-c6ccccc6)nc(-c6ccccc6)n4)c4ccccc4n5-c4ccccn4)c3)c3ccccc32)cc(C)c1C. The Morgan fingerprint density at radius 1 is 0.500 bits per heavy atom. The lowest BCUT2D eigenvalue weighted by atomic mass is 10.0. The molecular weight excluding hydrogens is 763 g/mol. The van der Waals surface area contributed by atoms with Crippen LogP contribution in [0.5, 0.6) is 11.5 Å². The van der Waals surface area contributed by atoms with Crippen LogP contribution < -0.4 is 13.9 Å². The molecule has 4 heterocycles. The molecule has 1 aliphatic rings. The maximum atomic E-state index is 7.09. The molecule has 10 aromatic rings. The smallest absolute Gasteiger partial charge is 0.456 e. The van der Waals surface area contributed by atoms with E-state index in [1.54, 1.807) is 0 Å². The largest absolute Gasteiger partial charge is 0.503 e. The molecule has 0 aliphatic carbocycles. The van der Waals surface area contributed by atoms with Crippen molar-refractivity contribution in [1.29, 1.82) is 0 Å². The van der Waals surface area contributed by atoms with Gasteiger partial charge in [0, 0.05) is 64.5 Å². The van der Waals surface area contributed by atoms with Crippen LogP contribution in [-0.2, 0) is 0 Å². The standard InChI is InChI=1S/C54H39N7O/c1-35-29-41(30-36(2)37(35)3)60-34-59(47-25-12-13-26-48(47)60)40-21-16-22-42(31-40)62-50-33-49-44(43-23-10-11-24-46(43)61(49)51-27-14-15-28-55-51)32-45(50)54-57-52(38-17-6-4-7-18-38)56-53(58-54)39-19-8-5-9-20-39/h4-33H,1-3H3/q+2. The van der Waals surface area contributed by atoms with E-state index in [4.69, 9.17) is 24.7 Å². The van der Waals surface area contributed by atoms with Gasteiger partial charge < -0.3 is 4.74 Å². The number of fused-ring (bicyclic) bond motifs is 4. The second kappa shape index (κ2) is 15.1. The third kappa shape index (κ3) is 6.43. The molecule has 62 heavy (non-hydrogen) atoms. The van der Waals surface area contributed by atoms with Crippen molar-refractivity contribution in [3.05, 3.63) is 199 Å². The van der Waals surface area contributed by atoms with E-state index in [9.17, 15) is 0 Å². The van der Waals surface area contributed by atoms with Crippen LogP contribution in [0.25, 0.3) is 61.8 Å². The number of benzene rings is 7. The van der Waals surface area contributed by atoms with E-state index in [0.29, 0.717) is 29.0 Å². The van der Waals surface area contributed by atoms with E-state index < -0.39 is 0 Å². The van der Waals surface area contributed by atoms with E-state index >= 15 is 0 Å². The van der Waals surface area contributed by atoms with Crippen LogP contribution >= 0.6 is 0 Å². The maximum Gasteiger partial charge on any atom is 0.503 e. The zero-order valence-corrected chi connectivity index (χ0v) is 34.4. The first-order valence-corrected chi connectivity index (χ1v) is 20.6. The molecule has 294 valence electrons. The number of pyridine rings is 1. The average Bonchev–Trinajstić information content (AvgIpc) is 3.87. The van der Waals surface area contributed by atoms with Gasteiger partial charge in [0.25, 0.3) is 11.4 Å². The molecule has 7 aromatic carbocycles. The minimum atomic E-state index is 0.495. The van der Waals surface area contributed by atoms with Gasteiger partial charge in [-0.05, 0) is 76.9 Å². The van der Waals surface area contributed by atoms with Crippen molar-refractivity contribution in [2.75, 3.05) is 0 Å². The zero-order chi connectivity index (χ0) is 41.7. The first kappa shape index (κ1) is 36.7. The highest BCUT2D eigenvalue weighted by atomic mass is 16.5. The van der Waals surface area contributed by atoms with Crippen molar-refractivity contribution in [3.63, 3.8) is 0 Å². The van der Waals surface area contributed by atoms with Crippen molar-refractivity contribution in [3.8, 4) is 51.5 Å². The van der Waals surface area contributed by atoms with E-state index in [0.717, 1.165) is 67.1 Å². The molecule has 0 fully saturated rings. The van der Waals surface area contributed by atoms with Crippen molar-refractivity contribution < 1.29 is 4.74 Å². The van der Waals surface area contributed by atoms with Crippen molar-refractivity contribution in [1.82, 2.24) is 33.7 Å². The highest BCUT2D eigenvalue weighted by Crippen LogP contribution is 2.43. The molecule has 3 aromatic heterocycles. The minimum Gasteiger partial charge on any atom is -0.456 e. The molecule has 0 spiro atoms. The van der Waals surface area contributed by atoms with E-state index in [1.165, 1.54) is 16.7 Å². The molecule has 0 N–H and O–H groups in total. The Bertz CT molecular complexity index is 3360. The van der Waals surface area contributed by atoms with Crippen LogP contribution in [0.2, 0.25) is 0 Å². The van der Waals surface area contributed by atoms with Gasteiger partial charge in [0.1, 0.15) is 17.3 Å². The summed E-state index contributed by atoms with van der Waals surface area (Å²) in [5.74, 6) is 3.67. The predicted molar refractivity (Wildman–Crippen MR) is 250 cm³/mol. The summed E-state index contributed by atoms with van der Waals surface area (Å²) in [5.41, 5.74) is 12.3. The molecule has 0 saturated heterocycles. The van der Waals surface area contributed by atoms with Crippen molar-refractivity contribution >= 4 is 50.6 Å². The fraction of sp³-hybridized carbons (Fsp3) is 0.0556. The predicted octanol–water partition coefficient (Wildman–Crippen LogP) is 12.9. The van der Waals surface area contributed by atoms with E-state index in [-0.39, 0.29) is 0 Å². The van der Waals surface area contributed by atoms with Crippen LogP contribution in [0, 0.1) is 20.8 Å². The first-order chi connectivity index (χ1) is 30.5. The summed E-state index contributed by atoms with van der Waals surface area (Å²) in [6, 6.07) is 63.3. The number of ether oxygens (including phenoxy) is 1. The third-order valence-electron chi connectivity index (χ3n) is 11.6. The van der Waals surface area contributed by atoms with Crippen molar-refractivity contribution in [2.24, 2.45) is 0 Å². The number of nitrogens with zero attached hydrogens (tertiary/aromatic N) is 7. The van der Waals surface area contributed by atoms with Gasteiger partial charge in [-0.2, -0.15) is 0 Å². The summed E-state index contributed by atoms with van der Waals surface area (Å²) in [5, 5.41) is 2.09. The van der Waals surface area contributed by atoms with Crippen molar-refractivity contribution in [2.45, 2.75) is 20.8 Å². The lowest BCUT2D eigenvalue weighted by Gasteiger charge is -2.14. The molecule has 0 amide bonds. The van der Waals surface area contributed by atoms with Crippen LogP contribution in [0.15, 0.2) is 182 Å². The average molecular weight is 802 g/mol. The Hall–Kier alpha value is -8.32. The van der Waals surface area contributed by atoms with Gasteiger partial charge in [-0.1, -0.05) is 103 Å². The topological polar surface area (TPSA) is 71.7 Å². The number of para-hydroxylation sites is 3. The second-order valence-electron chi connectivity index (χ2n) is 15.5. The Balaban J connectivity index is 1.12. The molecule has 0 radical (unpaired) electrons. The summed E-state index contributed by atoms with van der Waals surface area (Å²) in [6.07, 6.45) is 1.82. The highest BCUT2D eigenvalue weighted by Gasteiger charge is 2.36. The molecule has 11 rings (SSSR count). The van der Waals surface area contributed by atoms with E-state index in [2.05, 4.69) is 125 Å². The maximum absolute atomic E-state index is 7.09. The fourth-order valence-electron chi connectivity index (χ4n) is 8.32. The molecule has 8 heteroatoms. The Kier molecular flexibility index (Phi) is 8.92. The quantitative estimate of drug-likeness (QED) is 0.143. The minimum absolute atomic E-state index is 0.495. The summed E-state index contributed by atoms with van der Waals surface area (Å²) >= 11 is 0. The van der Waals surface area contributed by atoms with Gasteiger partial charge in [0.2, 0.25) is 11.4 Å². The van der Waals surface area contributed by atoms with Crippen LogP contribution in [0.3, 0.4) is 0 Å². The first-order valence-electron chi connectivity index (χ1n) is 20.6. The number of aryl methyl sites for hydroxylation is 2. The van der Waals surface area contributed by atoms with Gasteiger partial charge in [-0.3, -0.25) is 4.57 Å². The Morgan fingerprint density at radius 3 is 1.79 bits per heavy atom. The Morgan fingerprint density at radius 2 is 1.11 bits per heavy atom. The van der Waals surface area contributed by atoms with Gasteiger partial charge in [0.15, 0.2) is 17.5 Å². The summed E-state index contributed by atoms with van der Waals surface area (Å²) in [4.78, 5) is 20.1. The van der Waals surface area contributed by atoms with Gasteiger partial charge >= 0.3 is 6.01 Å². The molecule has 0 saturated carbocycles. The summed E-state index contributed by atoms with van der Waals surface area (Å²) < 4.78 is 13.5. The van der Waals surface area contributed by atoms with Crippen LogP contribution in [0.4, 0.5) is 22.7 Å². The third-order valence-corrected chi connectivity index (χ3v) is 11.6. The van der Waals surface area contributed by atoms with Crippen LogP contribution in [0.1, 0.15) is 16.7 Å².